The average molecular weight is 296 g/mol. The molecule has 0 spiro atoms. The number of hydrogen-bond acceptors (Lipinski definition) is 2. The number of likely N-dealkylation sites (N-methyl/N-ethyl adjacent to an activating group) is 1. The molecule has 1 amide bonds. The van der Waals surface area contributed by atoms with Crippen LogP contribution >= 0.6 is 22.6 Å². The summed E-state index contributed by atoms with van der Waals surface area (Å²) in [5.74, 6) is 0.338. The van der Waals surface area contributed by atoms with Gasteiger partial charge in [-0.2, -0.15) is 0 Å². The topological polar surface area (TPSA) is 23.6 Å². The first-order valence-electron chi connectivity index (χ1n) is 4.76. The van der Waals surface area contributed by atoms with E-state index in [-0.39, 0.29) is 0 Å². The van der Waals surface area contributed by atoms with Gasteiger partial charge in [-0.25, -0.2) is 0 Å². The summed E-state index contributed by atoms with van der Waals surface area (Å²) in [5.41, 5.74) is 0. The number of amides is 1. The summed E-state index contributed by atoms with van der Waals surface area (Å²) in [5, 5.41) is 0. The molecule has 0 aromatic rings. The van der Waals surface area contributed by atoms with Gasteiger partial charge >= 0.3 is 0 Å². The van der Waals surface area contributed by atoms with Crippen molar-refractivity contribution in [1.29, 1.82) is 0 Å². The molecule has 1 heterocycles. The minimum atomic E-state index is 0.338. The highest BCUT2D eigenvalue weighted by Gasteiger charge is 2.17. The van der Waals surface area contributed by atoms with Crippen LogP contribution in [0.1, 0.15) is 12.8 Å². The lowest BCUT2D eigenvalue weighted by molar-refractivity contribution is -0.132. The van der Waals surface area contributed by atoms with Crippen molar-refractivity contribution < 1.29 is 4.79 Å². The van der Waals surface area contributed by atoms with E-state index >= 15 is 0 Å². The van der Waals surface area contributed by atoms with Gasteiger partial charge in [0.1, 0.15) is 0 Å². The number of nitrogens with zero attached hydrogens (tertiary/aromatic N) is 2. The number of hydrogen-bond donors (Lipinski definition) is 0. The Morgan fingerprint density at radius 1 is 1.31 bits per heavy atom. The zero-order valence-corrected chi connectivity index (χ0v) is 10.3. The SMILES string of the molecule is CN1CCN(C(=O)CCCI)CC1. The van der Waals surface area contributed by atoms with Gasteiger partial charge in [-0.1, -0.05) is 22.6 Å². The van der Waals surface area contributed by atoms with Crippen LogP contribution in [0.5, 0.6) is 0 Å². The Hall–Kier alpha value is 0.160. The molecule has 0 atom stereocenters. The second-order valence-electron chi connectivity index (χ2n) is 3.48. The fourth-order valence-corrected chi connectivity index (χ4v) is 1.81. The van der Waals surface area contributed by atoms with Gasteiger partial charge in [-0.05, 0) is 13.5 Å². The maximum atomic E-state index is 11.6. The molecule has 1 rings (SSSR count). The molecule has 0 aromatic heterocycles. The normalized spacial score (nSPS) is 19.1. The summed E-state index contributed by atoms with van der Waals surface area (Å²) in [6.07, 6.45) is 1.75. The Kier molecular flexibility index (Phi) is 5.01. The summed E-state index contributed by atoms with van der Waals surface area (Å²) < 4.78 is 1.08. The molecule has 4 heteroatoms. The summed E-state index contributed by atoms with van der Waals surface area (Å²) >= 11 is 2.32. The third-order valence-corrected chi connectivity index (χ3v) is 3.14. The lowest BCUT2D eigenvalue weighted by atomic mass is 10.2. The van der Waals surface area contributed by atoms with Gasteiger partial charge in [-0.15, -0.1) is 0 Å². The highest BCUT2D eigenvalue weighted by atomic mass is 127. The van der Waals surface area contributed by atoms with E-state index in [4.69, 9.17) is 0 Å². The van der Waals surface area contributed by atoms with Gasteiger partial charge in [-0.3, -0.25) is 4.79 Å². The molecule has 1 saturated heterocycles. The number of piperazine rings is 1. The van der Waals surface area contributed by atoms with Gasteiger partial charge in [0.05, 0.1) is 0 Å². The number of alkyl halides is 1. The molecule has 0 unspecified atom stereocenters. The Morgan fingerprint density at radius 2 is 1.92 bits per heavy atom. The maximum absolute atomic E-state index is 11.6. The van der Waals surface area contributed by atoms with E-state index in [2.05, 4.69) is 34.5 Å². The van der Waals surface area contributed by atoms with E-state index in [0.29, 0.717) is 5.91 Å². The second-order valence-corrected chi connectivity index (χ2v) is 4.56. The Bertz CT molecular complexity index is 167. The molecule has 0 aromatic carbocycles. The van der Waals surface area contributed by atoms with Crippen LogP contribution in [0, 0.1) is 0 Å². The third kappa shape index (κ3) is 3.81. The first-order chi connectivity index (χ1) is 6.24. The molecule has 1 fully saturated rings. The van der Waals surface area contributed by atoms with Crippen molar-refractivity contribution in [3.05, 3.63) is 0 Å². The van der Waals surface area contributed by atoms with E-state index in [0.717, 1.165) is 43.4 Å². The minimum Gasteiger partial charge on any atom is -0.340 e. The Morgan fingerprint density at radius 3 is 2.46 bits per heavy atom. The molecule has 0 saturated carbocycles. The molecule has 1 aliphatic rings. The van der Waals surface area contributed by atoms with E-state index in [9.17, 15) is 4.79 Å². The summed E-state index contributed by atoms with van der Waals surface area (Å²) in [6, 6.07) is 0. The minimum absolute atomic E-state index is 0.338. The zero-order valence-electron chi connectivity index (χ0n) is 8.13. The number of carbonyl (C=O) groups is 1. The van der Waals surface area contributed by atoms with Crippen molar-refractivity contribution in [1.82, 2.24) is 9.80 Å². The van der Waals surface area contributed by atoms with E-state index in [1.54, 1.807) is 0 Å². The van der Waals surface area contributed by atoms with Crippen molar-refractivity contribution >= 4 is 28.5 Å². The molecule has 76 valence electrons. The predicted octanol–water partition coefficient (Wildman–Crippen LogP) is 0.976. The van der Waals surface area contributed by atoms with Crippen LogP contribution in [-0.2, 0) is 4.79 Å². The van der Waals surface area contributed by atoms with Crippen molar-refractivity contribution in [3.8, 4) is 0 Å². The number of halogens is 1. The maximum Gasteiger partial charge on any atom is 0.222 e. The molecule has 0 N–H and O–H groups in total. The van der Waals surface area contributed by atoms with Crippen LogP contribution in [0.4, 0.5) is 0 Å². The molecule has 13 heavy (non-hydrogen) atoms. The van der Waals surface area contributed by atoms with Gasteiger partial charge < -0.3 is 9.80 Å². The van der Waals surface area contributed by atoms with Crippen molar-refractivity contribution in [2.75, 3.05) is 37.7 Å². The van der Waals surface area contributed by atoms with Crippen LogP contribution in [0.2, 0.25) is 0 Å². The van der Waals surface area contributed by atoms with Crippen LogP contribution in [0.25, 0.3) is 0 Å². The smallest absolute Gasteiger partial charge is 0.222 e. The average Bonchev–Trinajstić information content (AvgIpc) is 2.15. The van der Waals surface area contributed by atoms with E-state index in [1.165, 1.54) is 0 Å². The van der Waals surface area contributed by atoms with Crippen LogP contribution in [0.15, 0.2) is 0 Å². The number of rotatable bonds is 3. The quantitative estimate of drug-likeness (QED) is 0.572. The fourth-order valence-electron chi connectivity index (χ4n) is 1.43. The highest BCUT2D eigenvalue weighted by Crippen LogP contribution is 2.04. The predicted molar refractivity (Wildman–Crippen MR) is 62.2 cm³/mol. The fraction of sp³-hybridized carbons (Fsp3) is 0.889. The zero-order chi connectivity index (χ0) is 9.68. The standard InChI is InChI=1S/C9H17IN2O/c1-11-5-7-12(8-6-11)9(13)3-2-4-10/h2-8H2,1H3. The molecule has 0 radical (unpaired) electrons. The van der Waals surface area contributed by atoms with E-state index in [1.807, 2.05) is 4.90 Å². The molecule has 0 aliphatic carbocycles. The van der Waals surface area contributed by atoms with E-state index < -0.39 is 0 Å². The van der Waals surface area contributed by atoms with Crippen molar-refractivity contribution in [2.45, 2.75) is 12.8 Å². The van der Waals surface area contributed by atoms with Gasteiger partial charge in [0.2, 0.25) is 5.91 Å². The summed E-state index contributed by atoms with van der Waals surface area (Å²) in [7, 11) is 2.10. The Labute approximate surface area is 93.6 Å². The second kappa shape index (κ2) is 5.80. The van der Waals surface area contributed by atoms with Crippen LogP contribution in [0.3, 0.4) is 0 Å². The number of carbonyl (C=O) groups excluding carboxylic acids is 1. The van der Waals surface area contributed by atoms with Gasteiger partial charge in [0.15, 0.2) is 0 Å². The highest BCUT2D eigenvalue weighted by molar-refractivity contribution is 14.1. The Balaban J connectivity index is 2.23. The van der Waals surface area contributed by atoms with Crippen molar-refractivity contribution in [2.24, 2.45) is 0 Å². The third-order valence-electron chi connectivity index (χ3n) is 2.38. The summed E-state index contributed by atoms with van der Waals surface area (Å²) in [4.78, 5) is 15.8. The van der Waals surface area contributed by atoms with Crippen LogP contribution in [-0.4, -0.2) is 53.4 Å². The molecular weight excluding hydrogens is 279 g/mol. The summed E-state index contributed by atoms with van der Waals surface area (Å²) in [6.45, 7) is 3.87. The van der Waals surface area contributed by atoms with Gasteiger partial charge in [0.25, 0.3) is 0 Å². The first-order valence-corrected chi connectivity index (χ1v) is 6.29. The van der Waals surface area contributed by atoms with Crippen LogP contribution < -0.4 is 0 Å². The molecular formula is C9H17IN2O. The first kappa shape index (κ1) is 11.2. The van der Waals surface area contributed by atoms with Gasteiger partial charge in [0, 0.05) is 37.0 Å². The molecule has 3 nitrogen and oxygen atoms in total. The lowest BCUT2D eigenvalue weighted by Gasteiger charge is -2.32. The van der Waals surface area contributed by atoms with Crippen molar-refractivity contribution in [3.63, 3.8) is 0 Å². The molecule has 1 aliphatic heterocycles. The molecule has 0 bridgehead atoms. The largest absolute Gasteiger partial charge is 0.340 e. The monoisotopic (exact) mass is 296 g/mol. The lowest BCUT2D eigenvalue weighted by Crippen LogP contribution is -2.47.